The first-order valence-electron chi connectivity index (χ1n) is 11.4. The third kappa shape index (κ3) is 8.28. The minimum atomic E-state index is -0.780. The van der Waals surface area contributed by atoms with Gasteiger partial charge in [-0.3, -0.25) is 25.8 Å². The van der Waals surface area contributed by atoms with Gasteiger partial charge in [0.25, 0.3) is 11.8 Å². The van der Waals surface area contributed by atoms with E-state index in [4.69, 9.17) is 26.4 Å². The maximum atomic E-state index is 12.5. The number of nitrogens with one attached hydrogen (secondary N) is 3. The highest BCUT2D eigenvalue weighted by Crippen LogP contribution is 2.18. The number of thiocarbonyl (C=S) groups is 1. The van der Waals surface area contributed by atoms with Crippen molar-refractivity contribution in [1.29, 1.82) is 0 Å². The van der Waals surface area contributed by atoms with Crippen molar-refractivity contribution in [2.75, 3.05) is 13.2 Å². The van der Waals surface area contributed by atoms with E-state index >= 15 is 0 Å². The Labute approximate surface area is 215 Å². The largest absolute Gasteiger partial charge is 0.490 e. The average Bonchev–Trinajstić information content (AvgIpc) is 2.88. The zero-order valence-corrected chi connectivity index (χ0v) is 21.2. The van der Waals surface area contributed by atoms with Crippen LogP contribution in [0.4, 0.5) is 0 Å². The fraction of sp³-hybridized carbons (Fsp3) is 0.222. The number of carbonyl (C=O) groups is 2. The van der Waals surface area contributed by atoms with Crippen LogP contribution in [0.25, 0.3) is 0 Å². The molecular formula is C27H29N3O5S. The van der Waals surface area contributed by atoms with E-state index in [-0.39, 0.29) is 5.11 Å². The standard InChI is InChI=1S/C27H29N3O5S/c1-18-12-13-24(16-19(18)2)35-20(3)25(31)29-30-27(36)28-26(32)21-8-7-11-23(17-21)34-15-14-33-22-9-5-4-6-10-22/h4-13,16-17,20H,14-15H2,1-3H3,(H,29,31)(H2,28,30,32,36). The fourth-order valence-electron chi connectivity index (χ4n) is 3.03. The van der Waals surface area contributed by atoms with Crippen molar-refractivity contribution in [3.05, 3.63) is 89.5 Å². The second-order valence-corrected chi connectivity index (χ2v) is 8.35. The summed E-state index contributed by atoms with van der Waals surface area (Å²) in [7, 11) is 0. The van der Waals surface area contributed by atoms with Gasteiger partial charge in [-0.05, 0) is 86.6 Å². The highest BCUT2D eigenvalue weighted by atomic mass is 32.1. The van der Waals surface area contributed by atoms with Crippen LogP contribution in [0, 0.1) is 13.8 Å². The van der Waals surface area contributed by atoms with Crippen molar-refractivity contribution >= 4 is 29.1 Å². The maximum absolute atomic E-state index is 12.5. The Morgan fingerprint density at radius 1 is 0.806 bits per heavy atom. The summed E-state index contributed by atoms with van der Waals surface area (Å²) < 4.78 is 16.9. The van der Waals surface area contributed by atoms with E-state index in [0.717, 1.165) is 16.9 Å². The smallest absolute Gasteiger partial charge is 0.279 e. The first-order chi connectivity index (χ1) is 17.3. The molecule has 2 amide bonds. The predicted molar refractivity (Wildman–Crippen MR) is 141 cm³/mol. The second kappa shape index (κ2) is 13.1. The highest BCUT2D eigenvalue weighted by Gasteiger charge is 2.16. The maximum Gasteiger partial charge on any atom is 0.279 e. The molecule has 3 N–H and O–H groups in total. The van der Waals surface area contributed by atoms with Gasteiger partial charge in [0.15, 0.2) is 11.2 Å². The molecule has 8 nitrogen and oxygen atoms in total. The lowest BCUT2D eigenvalue weighted by molar-refractivity contribution is -0.127. The first-order valence-corrected chi connectivity index (χ1v) is 11.8. The van der Waals surface area contributed by atoms with E-state index in [1.54, 1.807) is 37.3 Å². The molecule has 0 bridgehead atoms. The molecule has 188 valence electrons. The SMILES string of the molecule is Cc1ccc(OC(C)C(=O)NNC(=S)NC(=O)c2cccc(OCCOc3ccccc3)c2)cc1C. The Bertz CT molecular complexity index is 1200. The summed E-state index contributed by atoms with van der Waals surface area (Å²) in [4.78, 5) is 24.9. The quantitative estimate of drug-likeness (QED) is 0.230. The van der Waals surface area contributed by atoms with Gasteiger partial charge in [-0.15, -0.1) is 0 Å². The molecule has 1 atom stereocenters. The van der Waals surface area contributed by atoms with Crippen LogP contribution in [0.5, 0.6) is 17.2 Å². The van der Waals surface area contributed by atoms with Crippen LogP contribution in [-0.4, -0.2) is 36.2 Å². The van der Waals surface area contributed by atoms with Crippen LogP contribution in [0.2, 0.25) is 0 Å². The minimum absolute atomic E-state index is 0.0608. The number of benzene rings is 3. The molecule has 3 rings (SSSR count). The number of ether oxygens (including phenoxy) is 3. The van der Waals surface area contributed by atoms with Gasteiger partial charge in [0.1, 0.15) is 30.5 Å². The van der Waals surface area contributed by atoms with Crippen LogP contribution < -0.4 is 30.4 Å². The van der Waals surface area contributed by atoms with Crippen LogP contribution in [0.15, 0.2) is 72.8 Å². The number of rotatable bonds is 9. The van der Waals surface area contributed by atoms with Crippen LogP contribution in [0.3, 0.4) is 0 Å². The van der Waals surface area contributed by atoms with Crippen molar-refractivity contribution in [1.82, 2.24) is 16.2 Å². The summed E-state index contributed by atoms with van der Waals surface area (Å²) in [5, 5.41) is 2.45. The first kappa shape index (κ1) is 26.5. The summed E-state index contributed by atoms with van der Waals surface area (Å²) in [6.07, 6.45) is -0.780. The molecule has 0 spiro atoms. The summed E-state index contributed by atoms with van der Waals surface area (Å²) in [5.41, 5.74) is 7.50. The molecule has 0 heterocycles. The summed E-state index contributed by atoms with van der Waals surface area (Å²) in [5.74, 6) is 0.966. The van der Waals surface area contributed by atoms with Crippen molar-refractivity contribution in [2.24, 2.45) is 0 Å². The molecular weight excluding hydrogens is 478 g/mol. The van der Waals surface area contributed by atoms with E-state index in [1.807, 2.05) is 56.3 Å². The lowest BCUT2D eigenvalue weighted by Gasteiger charge is -2.17. The molecule has 3 aromatic rings. The summed E-state index contributed by atoms with van der Waals surface area (Å²) >= 11 is 5.11. The zero-order valence-electron chi connectivity index (χ0n) is 20.4. The van der Waals surface area contributed by atoms with Crippen LogP contribution in [0.1, 0.15) is 28.4 Å². The Kier molecular flexibility index (Phi) is 9.64. The molecule has 9 heteroatoms. The molecule has 0 aliphatic rings. The molecule has 0 aliphatic heterocycles. The third-order valence-corrected chi connectivity index (χ3v) is 5.35. The molecule has 0 saturated carbocycles. The van der Waals surface area contributed by atoms with E-state index in [0.29, 0.717) is 30.3 Å². The van der Waals surface area contributed by atoms with Gasteiger partial charge in [-0.1, -0.05) is 30.3 Å². The molecule has 1 unspecified atom stereocenters. The van der Waals surface area contributed by atoms with Gasteiger partial charge in [0.05, 0.1) is 0 Å². The van der Waals surface area contributed by atoms with E-state index < -0.39 is 17.9 Å². The fourth-order valence-corrected chi connectivity index (χ4v) is 3.18. The molecule has 0 aromatic heterocycles. The zero-order chi connectivity index (χ0) is 25.9. The van der Waals surface area contributed by atoms with Crippen LogP contribution in [-0.2, 0) is 4.79 Å². The number of aryl methyl sites for hydroxylation is 2. The highest BCUT2D eigenvalue weighted by molar-refractivity contribution is 7.80. The van der Waals surface area contributed by atoms with Gasteiger partial charge in [0.2, 0.25) is 0 Å². The molecule has 0 aliphatic carbocycles. The molecule has 0 radical (unpaired) electrons. The lowest BCUT2D eigenvalue weighted by Crippen LogP contribution is -2.51. The van der Waals surface area contributed by atoms with Crippen molar-refractivity contribution in [3.63, 3.8) is 0 Å². The number of hydrogen-bond acceptors (Lipinski definition) is 6. The number of hydrogen-bond donors (Lipinski definition) is 3. The lowest BCUT2D eigenvalue weighted by atomic mass is 10.1. The summed E-state index contributed by atoms with van der Waals surface area (Å²) in [6, 6.07) is 21.7. The Hall–Kier alpha value is -4.11. The number of carbonyl (C=O) groups excluding carboxylic acids is 2. The predicted octanol–water partition coefficient (Wildman–Crippen LogP) is 3.86. The van der Waals surface area contributed by atoms with Crippen LogP contribution >= 0.6 is 12.2 Å². The van der Waals surface area contributed by atoms with Crippen molar-refractivity contribution < 1.29 is 23.8 Å². The number of amides is 2. The van der Waals surface area contributed by atoms with Gasteiger partial charge >= 0.3 is 0 Å². The second-order valence-electron chi connectivity index (χ2n) is 7.94. The topological polar surface area (TPSA) is 97.9 Å². The third-order valence-electron chi connectivity index (χ3n) is 5.15. The normalized spacial score (nSPS) is 11.1. The van der Waals surface area contributed by atoms with Crippen molar-refractivity contribution in [2.45, 2.75) is 26.9 Å². The minimum Gasteiger partial charge on any atom is -0.490 e. The van der Waals surface area contributed by atoms with Gasteiger partial charge in [-0.25, -0.2) is 0 Å². The average molecular weight is 508 g/mol. The molecule has 36 heavy (non-hydrogen) atoms. The van der Waals surface area contributed by atoms with Gasteiger partial charge in [-0.2, -0.15) is 0 Å². The van der Waals surface area contributed by atoms with Gasteiger partial charge in [0, 0.05) is 5.56 Å². The Balaban J connectivity index is 1.41. The van der Waals surface area contributed by atoms with Crippen molar-refractivity contribution in [3.8, 4) is 17.2 Å². The number of para-hydroxylation sites is 1. The van der Waals surface area contributed by atoms with E-state index in [9.17, 15) is 9.59 Å². The Morgan fingerprint density at radius 3 is 2.22 bits per heavy atom. The van der Waals surface area contributed by atoms with E-state index in [1.165, 1.54) is 0 Å². The van der Waals surface area contributed by atoms with Gasteiger partial charge < -0.3 is 14.2 Å². The Morgan fingerprint density at radius 2 is 1.50 bits per heavy atom. The number of hydrazine groups is 1. The monoisotopic (exact) mass is 507 g/mol. The van der Waals surface area contributed by atoms with E-state index in [2.05, 4.69) is 16.2 Å². The summed E-state index contributed by atoms with van der Waals surface area (Å²) in [6.45, 7) is 6.26. The molecule has 3 aromatic carbocycles. The molecule has 0 fully saturated rings. The molecule has 0 saturated heterocycles.